The lowest BCUT2D eigenvalue weighted by molar-refractivity contribution is -0.119. The molecule has 6 nitrogen and oxygen atoms in total. The summed E-state index contributed by atoms with van der Waals surface area (Å²) in [5.74, 6) is 0.158. The Kier molecular flexibility index (Phi) is 5.08. The van der Waals surface area contributed by atoms with Crippen LogP contribution in [0, 0.1) is 0 Å². The van der Waals surface area contributed by atoms with E-state index < -0.39 is 0 Å². The number of nitrogens with one attached hydrogen (secondary N) is 2. The zero-order valence-corrected chi connectivity index (χ0v) is 15.2. The van der Waals surface area contributed by atoms with Crippen molar-refractivity contribution in [3.05, 3.63) is 59.4 Å². The second-order valence-electron chi connectivity index (χ2n) is 6.53. The summed E-state index contributed by atoms with van der Waals surface area (Å²) in [7, 11) is 0. The Bertz CT molecular complexity index is 846. The number of hydrogen-bond donors (Lipinski definition) is 2. The topological polar surface area (TPSA) is 73.9 Å². The van der Waals surface area contributed by atoms with Crippen LogP contribution in [-0.2, 0) is 17.9 Å². The lowest BCUT2D eigenvalue weighted by atomic mass is 10.2. The van der Waals surface area contributed by atoms with Crippen LogP contribution in [0.4, 0.5) is 0 Å². The number of hydrogen-bond acceptors (Lipinski definition) is 5. The van der Waals surface area contributed by atoms with Crippen LogP contribution in [0.15, 0.2) is 48.8 Å². The van der Waals surface area contributed by atoms with Crippen LogP contribution in [0.25, 0.3) is 10.6 Å². The fraction of sp³-hybridized carbons (Fsp3) is 0.316. The second-order valence-corrected chi connectivity index (χ2v) is 7.70. The first kappa shape index (κ1) is 16.9. The Hall–Kier alpha value is -2.51. The first-order chi connectivity index (χ1) is 12.8. The molecular weight excluding hydrogens is 346 g/mol. The number of amides is 1. The number of aromatic amines is 1. The summed E-state index contributed by atoms with van der Waals surface area (Å²) < 4.78 is 0. The van der Waals surface area contributed by atoms with Gasteiger partial charge in [0.25, 0.3) is 0 Å². The molecule has 0 bridgehead atoms. The molecule has 134 valence electrons. The summed E-state index contributed by atoms with van der Waals surface area (Å²) >= 11 is 1.77. The molecule has 1 amide bonds. The molecule has 0 unspecified atom stereocenters. The molecule has 0 spiro atoms. The van der Waals surface area contributed by atoms with E-state index >= 15 is 0 Å². The molecule has 3 aromatic rings. The highest BCUT2D eigenvalue weighted by Gasteiger charge is 2.23. The van der Waals surface area contributed by atoms with E-state index in [1.165, 1.54) is 9.75 Å². The van der Waals surface area contributed by atoms with E-state index in [-0.39, 0.29) is 11.9 Å². The molecule has 4 heterocycles. The minimum absolute atomic E-state index is 0.158. The molecular formula is C19H21N5OS. The number of carbonyl (C=O) groups excluding carboxylic acids is 1. The van der Waals surface area contributed by atoms with E-state index in [4.69, 9.17) is 0 Å². The van der Waals surface area contributed by atoms with Gasteiger partial charge in [0.1, 0.15) is 0 Å². The van der Waals surface area contributed by atoms with Crippen molar-refractivity contribution in [3.8, 4) is 10.6 Å². The van der Waals surface area contributed by atoms with Gasteiger partial charge in [-0.3, -0.25) is 19.8 Å². The summed E-state index contributed by atoms with van der Waals surface area (Å²) in [6.45, 7) is 2.44. The molecule has 4 rings (SSSR count). The number of aromatic nitrogens is 3. The summed E-state index contributed by atoms with van der Waals surface area (Å²) in [5.41, 5.74) is 2.09. The number of carbonyl (C=O) groups is 1. The Morgan fingerprint density at radius 1 is 1.15 bits per heavy atom. The molecule has 0 saturated carbocycles. The molecule has 2 N–H and O–H groups in total. The predicted octanol–water partition coefficient (Wildman–Crippen LogP) is 2.81. The third-order valence-electron chi connectivity index (χ3n) is 4.48. The van der Waals surface area contributed by atoms with Crippen LogP contribution in [0.2, 0.25) is 0 Å². The summed E-state index contributed by atoms with van der Waals surface area (Å²) in [5, 5.41) is 10.1. The van der Waals surface area contributed by atoms with Gasteiger partial charge in [0.2, 0.25) is 5.91 Å². The Morgan fingerprint density at radius 2 is 2.12 bits per heavy atom. The van der Waals surface area contributed by atoms with E-state index in [2.05, 4.69) is 37.5 Å². The molecule has 26 heavy (non-hydrogen) atoms. The largest absolute Gasteiger partial charge is 0.352 e. The van der Waals surface area contributed by atoms with Gasteiger partial charge in [-0.05, 0) is 36.8 Å². The summed E-state index contributed by atoms with van der Waals surface area (Å²) in [6.07, 6.45) is 5.13. The maximum atomic E-state index is 11.5. The number of nitrogens with zero attached hydrogens (tertiary/aromatic N) is 3. The van der Waals surface area contributed by atoms with E-state index in [0.717, 1.165) is 37.4 Å². The van der Waals surface area contributed by atoms with E-state index in [1.54, 1.807) is 17.5 Å². The first-order valence-electron chi connectivity index (χ1n) is 8.76. The van der Waals surface area contributed by atoms with Gasteiger partial charge < -0.3 is 5.32 Å². The van der Waals surface area contributed by atoms with Crippen LogP contribution in [0.5, 0.6) is 0 Å². The zero-order chi connectivity index (χ0) is 17.8. The van der Waals surface area contributed by atoms with Gasteiger partial charge in [0.05, 0.1) is 16.3 Å². The van der Waals surface area contributed by atoms with Crippen LogP contribution in [0.3, 0.4) is 0 Å². The quantitative estimate of drug-likeness (QED) is 0.673. The normalized spacial score (nSPS) is 17.0. The Balaban J connectivity index is 1.47. The second kappa shape index (κ2) is 7.80. The molecule has 0 aliphatic carbocycles. The molecule has 1 aliphatic rings. The van der Waals surface area contributed by atoms with E-state index in [1.807, 2.05) is 30.5 Å². The van der Waals surface area contributed by atoms with Crippen molar-refractivity contribution in [2.75, 3.05) is 6.54 Å². The number of thiophene rings is 1. The predicted molar refractivity (Wildman–Crippen MR) is 101 cm³/mol. The van der Waals surface area contributed by atoms with Gasteiger partial charge in [0, 0.05) is 49.4 Å². The van der Waals surface area contributed by atoms with Crippen molar-refractivity contribution in [2.24, 2.45) is 0 Å². The van der Waals surface area contributed by atoms with Crippen molar-refractivity contribution in [1.29, 1.82) is 0 Å². The van der Waals surface area contributed by atoms with Crippen LogP contribution in [-0.4, -0.2) is 38.6 Å². The lowest BCUT2D eigenvalue weighted by Crippen LogP contribution is -2.38. The Morgan fingerprint density at radius 3 is 2.85 bits per heavy atom. The highest BCUT2D eigenvalue weighted by Crippen LogP contribution is 2.27. The molecule has 1 fully saturated rings. The smallest absolute Gasteiger partial charge is 0.220 e. The molecule has 1 saturated heterocycles. The van der Waals surface area contributed by atoms with Gasteiger partial charge in [-0.25, -0.2) is 0 Å². The third kappa shape index (κ3) is 4.17. The minimum Gasteiger partial charge on any atom is -0.352 e. The third-order valence-corrected chi connectivity index (χ3v) is 5.59. The number of rotatable bonds is 7. The number of pyridine rings is 1. The summed E-state index contributed by atoms with van der Waals surface area (Å²) in [6, 6.07) is 12.5. The monoisotopic (exact) mass is 367 g/mol. The highest BCUT2D eigenvalue weighted by molar-refractivity contribution is 7.15. The standard InChI is InChI=1S/C19H21N5OS/c25-19-7-4-15(22-19)12-24(11-14-3-1-2-9-20-14)13-16-5-6-18(26-16)17-8-10-21-23-17/h1-3,5-6,8-10,15H,4,7,11-13H2,(H,21,23)(H,22,25)/t15-/m0/s1. The lowest BCUT2D eigenvalue weighted by Gasteiger charge is -2.24. The van der Waals surface area contributed by atoms with Crippen LogP contribution < -0.4 is 5.32 Å². The minimum atomic E-state index is 0.158. The van der Waals surface area contributed by atoms with E-state index in [0.29, 0.717) is 6.42 Å². The van der Waals surface area contributed by atoms with Gasteiger partial charge in [-0.1, -0.05) is 6.07 Å². The first-order valence-corrected chi connectivity index (χ1v) is 9.58. The molecule has 3 aromatic heterocycles. The molecule has 0 aromatic carbocycles. The fourth-order valence-electron chi connectivity index (χ4n) is 3.25. The Labute approximate surface area is 156 Å². The van der Waals surface area contributed by atoms with Gasteiger partial charge in [-0.15, -0.1) is 11.3 Å². The SMILES string of the molecule is O=C1CC[C@@H](CN(Cc2ccccn2)Cc2ccc(-c3ccn[nH]3)s2)N1. The van der Waals surface area contributed by atoms with Crippen molar-refractivity contribution in [3.63, 3.8) is 0 Å². The number of H-pyrrole nitrogens is 1. The molecule has 1 atom stereocenters. The van der Waals surface area contributed by atoms with Crippen molar-refractivity contribution < 1.29 is 4.79 Å². The van der Waals surface area contributed by atoms with Gasteiger partial charge in [0.15, 0.2) is 0 Å². The van der Waals surface area contributed by atoms with Crippen molar-refractivity contribution in [1.82, 2.24) is 25.4 Å². The summed E-state index contributed by atoms with van der Waals surface area (Å²) in [4.78, 5) is 20.8. The van der Waals surface area contributed by atoms with Gasteiger partial charge in [-0.2, -0.15) is 5.10 Å². The fourth-order valence-corrected chi connectivity index (χ4v) is 4.28. The van der Waals surface area contributed by atoms with Gasteiger partial charge >= 0.3 is 0 Å². The highest BCUT2D eigenvalue weighted by atomic mass is 32.1. The van der Waals surface area contributed by atoms with E-state index in [9.17, 15) is 4.79 Å². The molecule has 0 radical (unpaired) electrons. The van der Waals surface area contributed by atoms with Crippen LogP contribution in [0.1, 0.15) is 23.4 Å². The van der Waals surface area contributed by atoms with Crippen LogP contribution >= 0.6 is 11.3 Å². The average molecular weight is 367 g/mol. The van der Waals surface area contributed by atoms with Crippen molar-refractivity contribution >= 4 is 17.2 Å². The maximum absolute atomic E-state index is 11.5. The van der Waals surface area contributed by atoms with Crippen molar-refractivity contribution in [2.45, 2.75) is 32.0 Å². The molecule has 1 aliphatic heterocycles. The maximum Gasteiger partial charge on any atom is 0.220 e. The average Bonchev–Trinajstić information content (AvgIpc) is 3.38. The molecule has 7 heteroatoms. The zero-order valence-electron chi connectivity index (χ0n) is 14.4.